The maximum atomic E-state index is 12.2. The Morgan fingerprint density at radius 2 is 2.05 bits per heavy atom. The van der Waals surface area contributed by atoms with Crippen molar-refractivity contribution < 1.29 is 18.7 Å². The number of carbonyl (C=O) groups excluding carboxylic acids is 2. The van der Waals surface area contributed by atoms with E-state index in [2.05, 4.69) is 0 Å². The van der Waals surface area contributed by atoms with Gasteiger partial charge in [0, 0.05) is 17.5 Å². The third-order valence-electron chi connectivity index (χ3n) is 3.15. The van der Waals surface area contributed by atoms with Gasteiger partial charge in [-0.25, -0.2) is 4.79 Å². The molecule has 0 aliphatic rings. The first-order chi connectivity index (χ1) is 9.34. The number of hydrogen-bond acceptors (Lipinski definition) is 4. The number of hydrogen-bond donors (Lipinski definition) is 0. The Bertz CT molecular complexity index is 642. The molecule has 108 valence electrons. The van der Waals surface area contributed by atoms with E-state index in [0.717, 1.165) is 5.52 Å². The van der Waals surface area contributed by atoms with Crippen LogP contribution in [-0.2, 0) is 16.1 Å². The van der Waals surface area contributed by atoms with Crippen molar-refractivity contribution in [2.75, 3.05) is 6.61 Å². The highest BCUT2D eigenvalue weighted by molar-refractivity contribution is 5.95. The highest BCUT2D eigenvalue weighted by atomic mass is 16.5. The van der Waals surface area contributed by atoms with Gasteiger partial charge < -0.3 is 13.7 Å². The van der Waals surface area contributed by atoms with E-state index in [4.69, 9.17) is 9.15 Å². The predicted octanol–water partition coefficient (Wildman–Crippen LogP) is 3.03. The lowest BCUT2D eigenvalue weighted by molar-refractivity contribution is -0.126. The molecule has 2 rings (SSSR count). The van der Waals surface area contributed by atoms with Gasteiger partial charge in [0.15, 0.2) is 11.4 Å². The number of ketones is 1. The topological polar surface area (TPSA) is 61.4 Å². The number of carbonyl (C=O) groups is 2. The molecule has 0 saturated carbocycles. The lowest BCUT2D eigenvalue weighted by Gasteiger charge is -2.18. The van der Waals surface area contributed by atoms with Crippen LogP contribution in [0.4, 0.5) is 0 Å². The molecular weight excluding hydrogens is 258 g/mol. The number of ether oxygens (including phenoxy) is 1. The highest BCUT2D eigenvalue weighted by Crippen LogP contribution is 2.24. The second kappa shape index (κ2) is 5.15. The fourth-order valence-corrected chi connectivity index (χ4v) is 1.90. The predicted molar refractivity (Wildman–Crippen MR) is 74.6 cm³/mol. The molecule has 2 heterocycles. The zero-order valence-corrected chi connectivity index (χ0v) is 12.2. The van der Waals surface area contributed by atoms with Crippen LogP contribution < -0.4 is 0 Å². The van der Waals surface area contributed by atoms with Crippen molar-refractivity contribution in [1.29, 1.82) is 0 Å². The van der Waals surface area contributed by atoms with Gasteiger partial charge in [0.1, 0.15) is 5.69 Å². The average Bonchev–Trinajstić information content (AvgIpc) is 2.90. The molecule has 0 unspecified atom stereocenters. The number of fused-ring (bicyclic) bond motifs is 1. The summed E-state index contributed by atoms with van der Waals surface area (Å²) in [4.78, 5) is 24.2. The molecule has 0 aliphatic carbocycles. The van der Waals surface area contributed by atoms with E-state index in [1.54, 1.807) is 23.6 Å². The molecule has 0 saturated heterocycles. The third-order valence-corrected chi connectivity index (χ3v) is 3.15. The van der Waals surface area contributed by atoms with Crippen LogP contribution in [0.3, 0.4) is 0 Å². The molecule has 0 aliphatic heterocycles. The van der Waals surface area contributed by atoms with Gasteiger partial charge in [-0.3, -0.25) is 4.79 Å². The fraction of sp³-hybridized carbons (Fsp3) is 0.467. The van der Waals surface area contributed by atoms with Crippen molar-refractivity contribution >= 4 is 22.9 Å². The minimum atomic E-state index is -0.466. The Balaban J connectivity index is 2.43. The van der Waals surface area contributed by atoms with Crippen LogP contribution in [0.5, 0.6) is 0 Å². The van der Waals surface area contributed by atoms with Gasteiger partial charge in [-0.2, -0.15) is 0 Å². The minimum Gasteiger partial charge on any atom is -0.463 e. The Labute approximate surface area is 117 Å². The molecular formula is C15H19NO4. The van der Waals surface area contributed by atoms with Crippen molar-refractivity contribution in [3.63, 3.8) is 0 Å². The molecule has 0 atom stereocenters. The normalized spacial score (nSPS) is 11.8. The molecule has 0 amide bonds. The number of esters is 1. The van der Waals surface area contributed by atoms with E-state index in [1.165, 1.54) is 6.26 Å². The van der Waals surface area contributed by atoms with Gasteiger partial charge in [-0.1, -0.05) is 20.8 Å². The van der Waals surface area contributed by atoms with Gasteiger partial charge in [0.05, 0.1) is 24.9 Å². The van der Waals surface area contributed by atoms with Crippen LogP contribution in [0.2, 0.25) is 0 Å². The lowest BCUT2D eigenvalue weighted by Crippen LogP contribution is -2.26. The van der Waals surface area contributed by atoms with Gasteiger partial charge in [0.2, 0.25) is 0 Å². The Morgan fingerprint density at radius 1 is 1.35 bits per heavy atom. The van der Waals surface area contributed by atoms with E-state index in [1.807, 2.05) is 20.8 Å². The van der Waals surface area contributed by atoms with Crippen molar-refractivity contribution in [2.24, 2.45) is 5.41 Å². The Kier molecular flexibility index (Phi) is 3.70. The largest absolute Gasteiger partial charge is 0.463 e. The smallest absolute Gasteiger partial charge is 0.355 e. The second-order valence-electron chi connectivity index (χ2n) is 5.68. The molecule has 0 fully saturated rings. The van der Waals surface area contributed by atoms with Crippen LogP contribution in [0, 0.1) is 5.41 Å². The first-order valence-electron chi connectivity index (χ1n) is 6.61. The van der Waals surface area contributed by atoms with Crippen LogP contribution in [0.15, 0.2) is 22.8 Å². The molecule has 0 aromatic carbocycles. The second-order valence-corrected chi connectivity index (χ2v) is 5.68. The third kappa shape index (κ3) is 2.61. The summed E-state index contributed by atoms with van der Waals surface area (Å²) in [5.74, 6) is -0.401. The first kappa shape index (κ1) is 14.4. The van der Waals surface area contributed by atoms with Gasteiger partial charge in [-0.15, -0.1) is 0 Å². The molecule has 2 aromatic rings. The monoisotopic (exact) mass is 277 g/mol. The number of aromatic nitrogens is 1. The van der Waals surface area contributed by atoms with Crippen molar-refractivity contribution in [1.82, 2.24) is 4.57 Å². The van der Waals surface area contributed by atoms with Gasteiger partial charge in [0.25, 0.3) is 0 Å². The standard InChI is InChI=1S/C15H19NO4/c1-5-19-14(18)11-8-12-10(6-7-20-12)16(11)9-13(17)15(2,3)4/h6-8H,5,9H2,1-4H3. The number of Topliss-reactive ketones (excluding diaryl/α,β-unsaturated/α-hetero) is 1. The average molecular weight is 277 g/mol. The van der Waals surface area contributed by atoms with Gasteiger partial charge in [-0.05, 0) is 6.92 Å². The highest BCUT2D eigenvalue weighted by Gasteiger charge is 2.25. The van der Waals surface area contributed by atoms with E-state index in [9.17, 15) is 9.59 Å². The zero-order valence-electron chi connectivity index (χ0n) is 12.2. The van der Waals surface area contributed by atoms with Gasteiger partial charge >= 0.3 is 5.97 Å². The summed E-state index contributed by atoms with van der Waals surface area (Å²) in [5, 5.41) is 0. The van der Waals surface area contributed by atoms with Crippen molar-refractivity contribution in [3.05, 3.63) is 24.1 Å². The summed E-state index contributed by atoms with van der Waals surface area (Å²) in [6.45, 7) is 7.73. The van der Waals surface area contributed by atoms with Crippen LogP contribution in [0.25, 0.3) is 11.1 Å². The number of furan rings is 1. The van der Waals surface area contributed by atoms with Crippen LogP contribution in [0.1, 0.15) is 38.2 Å². The molecule has 0 radical (unpaired) electrons. The van der Waals surface area contributed by atoms with Crippen LogP contribution >= 0.6 is 0 Å². The van der Waals surface area contributed by atoms with E-state index >= 15 is 0 Å². The molecule has 2 aromatic heterocycles. The first-order valence-corrected chi connectivity index (χ1v) is 6.61. The fourth-order valence-electron chi connectivity index (χ4n) is 1.90. The van der Waals surface area contributed by atoms with E-state index in [-0.39, 0.29) is 12.3 Å². The summed E-state index contributed by atoms with van der Waals surface area (Å²) in [5.41, 5.74) is 1.19. The van der Waals surface area contributed by atoms with E-state index in [0.29, 0.717) is 17.9 Å². The zero-order chi connectivity index (χ0) is 14.9. The van der Waals surface area contributed by atoms with Crippen molar-refractivity contribution in [3.8, 4) is 0 Å². The Morgan fingerprint density at radius 3 is 2.65 bits per heavy atom. The summed E-state index contributed by atoms with van der Waals surface area (Å²) in [6.07, 6.45) is 1.54. The SMILES string of the molecule is CCOC(=O)c1cc2occc2n1CC(=O)C(C)(C)C. The molecule has 0 spiro atoms. The number of nitrogens with zero attached hydrogens (tertiary/aromatic N) is 1. The minimum absolute atomic E-state index is 0.0433. The summed E-state index contributed by atoms with van der Waals surface area (Å²) in [6, 6.07) is 3.36. The molecule has 5 nitrogen and oxygen atoms in total. The van der Waals surface area contributed by atoms with Crippen LogP contribution in [-0.4, -0.2) is 22.9 Å². The maximum absolute atomic E-state index is 12.2. The molecule has 0 N–H and O–H groups in total. The quantitative estimate of drug-likeness (QED) is 0.806. The Hall–Kier alpha value is -2.04. The number of rotatable bonds is 4. The van der Waals surface area contributed by atoms with Crippen molar-refractivity contribution in [2.45, 2.75) is 34.2 Å². The summed E-state index contributed by atoms with van der Waals surface area (Å²) < 4.78 is 12.0. The summed E-state index contributed by atoms with van der Waals surface area (Å²) >= 11 is 0. The maximum Gasteiger partial charge on any atom is 0.355 e. The summed E-state index contributed by atoms with van der Waals surface area (Å²) in [7, 11) is 0. The van der Waals surface area contributed by atoms with E-state index < -0.39 is 11.4 Å². The molecule has 5 heteroatoms. The molecule has 0 bridgehead atoms. The lowest BCUT2D eigenvalue weighted by atomic mass is 9.91. The molecule has 20 heavy (non-hydrogen) atoms.